The third-order valence-electron chi connectivity index (χ3n) is 7.77. The van der Waals surface area contributed by atoms with Crippen LogP contribution in [0.4, 0.5) is 0 Å². The van der Waals surface area contributed by atoms with Crippen molar-refractivity contribution in [3.8, 4) is 11.1 Å². The predicted molar refractivity (Wildman–Crippen MR) is 134 cm³/mol. The summed E-state index contributed by atoms with van der Waals surface area (Å²) in [6, 6.07) is 18.2. The fourth-order valence-corrected chi connectivity index (χ4v) is 5.44. The second-order valence-corrected chi connectivity index (χ2v) is 10.00. The molecule has 0 N–H and O–H groups in total. The Morgan fingerprint density at radius 1 is 0.688 bits per heavy atom. The minimum Gasteiger partial charge on any atom is -0.373 e. The van der Waals surface area contributed by atoms with E-state index in [0.717, 1.165) is 24.9 Å². The standard InChI is InChI=1S/C30H42O2/c1-3-5-6-7-8-29-21-32-30(22-31-29)28-19-17-27(18-20-28)26-15-13-25(14-16-26)24-11-9-23(4-2)10-12-24/h13-20,23-24,29-30H,3-12,21-22H2,1-2H3/t23-,24-,29-,30-/m1/s1. The summed E-state index contributed by atoms with van der Waals surface area (Å²) in [7, 11) is 0. The molecule has 1 heterocycles. The smallest absolute Gasteiger partial charge is 0.106 e. The van der Waals surface area contributed by atoms with Gasteiger partial charge in [-0.2, -0.15) is 0 Å². The van der Waals surface area contributed by atoms with Crippen molar-refractivity contribution in [2.75, 3.05) is 13.2 Å². The van der Waals surface area contributed by atoms with Crippen LogP contribution in [0.3, 0.4) is 0 Å². The first-order valence-corrected chi connectivity index (χ1v) is 13.2. The Kier molecular flexibility index (Phi) is 8.82. The van der Waals surface area contributed by atoms with Crippen LogP contribution in [-0.4, -0.2) is 19.3 Å². The maximum absolute atomic E-state index is 6.15. The molecule has 2 aromatic rings. The average Bonchev–Trinajstić information content (AvgIpc) is 2.87. The zero-order valence-corrected chi connectivity index (χ0v) is 20.2. The molecule has 1 aliphatic heterocycles. The summed E-state index contributed by atoms with van der Waals surface area (Å²) in [6.07, 6.45) is 13.5. The lowest BCUT2D eigenvalue weighted by molar-refractivity contribution is -0.137. The molecule has 2 nitrogen and oxygen atoms in total. The van der Waals surface area contributed by atoms with E-state index in [1.54, 1.807) is 0 Å². The normalized spacial score (nSPS) is 26.2. The Labute approximate surface area is 195 Å². The molecule has 1 saturated heterocycles. The first-order chi connectivity index (χ1) is 15.8. The van der Waals surface area contributed by atoms with Gasteiger partial charge in [-0.3, -0.25) is 0 Å². The van der Waals surface area contributed by atoms with Crippen molar-refractivity contribution in [2.24, 2.45) is 5.92 Å². The number of rotatable bonds is 9. The van der Waals surface area contributed by atoms with Crippen LogP contribution in [0.2, 0.25) is 0 Å². The minimum atomic E-state index is 0.0663. The topological polar surface area (TPSA) is 18.5 Å². The Morgan fingerprint density at radius 2 is 1.34 bits per heavy atom. The summed E-state index contributed by atoms with van der Waals surface area (Å²) in [6.45, 7) is 5.99. The molecule has 0 radical (unpaired) electrons. The lowest BCUT2D eigenvalue weighted by atomic mass is 9.77. The van der Waals surface area contributed by atoms with Gasteiger partial charge in [-0.15, -0.1) is 0 Å². The quantitative estimate of drug-likeness (QED) is 0.368. The molecule has 174 valence electrons. The van der Waals surface area contributed by atoms with Crippen LogP contribution >= 0.6 is 0 Å². The molecule has 2 aromatic carbocycles. The van der Waals surface area contributed by atoms with E-state index in [9.17, 15) is 0 Å². The number of ether oxygens (including phenoxy) is 2. The molecular weight excluding hydrogens is 392 g/mol. The van der Waals surface area contributed by atoms with Crippen LogP contribution in [0.25, 0.3) is 11.1 Å². The third kappa shape index (κ3) is 6.23. The summed E-state index contributed by atoms with van der Waals surface area (Å²) in [4.78, 5) is 0. The average molecular weight is 435 g/mol. The third-order valence-corrected chi connectivity index (χ3v) is 7.77. The number of hydrogen-bond donors (Lipinski definition) is 0. The summed E-state index contributed by atoms with van der Waals surface area (Å²) < 4.78 is 12.3. The number of unbranched alkanes of at least 4 members (excludes halogenated alkanes) is 3. The molecular formula is C30H42O2. The molecule has 0 aromatic heterocycles. The van der Waals surface area contributed by atoms with Crippen LogP contribution < -0.4 is 0 Å². The van der Waals surface area contributed by atoms with E-state index in [1.165, 1.54) is 80.0 Å². The zero-order valence-electron chi connectivity index (χ0n) is 20.2. The van der Waals surface area contributed by atoms with Gasteiger partial charge in [-0.25, -0.2) is 0 Å². The van der Waals surface area contributed by atoms with Gasteiger partial charge >= 0.3 is 0 Å². The number of hydrogen-bond acceptors (Lipinski definition) is 2. The maximum atomic E-state index is 6.15. The van der Waals surface area contributed by atoms with Gasteiger partial charge in [0, 0.05) is 0 Å². The van der Waals surface area contributed by atoms with Crippen LogP contribution in [0.15, 0.2) is 48.5 Å². The van der Waals surface area contributed by atoms with E-state index in [0.29, 0.717) is 6.61 Å². The highest BCUT2D eigenvalue weighted by atomic mass is 16.6. The number of benzene rings is 2. The molecule has 2 aliphatic rings. The Balaban J connectivity index is 1.28. The lowest BCUT2D eigenvalue weighted by Crippen LogP contribution is -2.31. The van der Waals surface area contributed by atoms with E-state index < -0.39 is 0 Å². The summed E-state index contributed by atoms with van der Waals surface area (Å²) in [5.41, 5.74) is 5.33. The Bertz CT molecular complexity index is 779. The highest BCUT2D eigenvalue weighted by Gasteiger charge is 2.23. The van der Waals surface area contributed by atoms with E-state index in [2.05, 4.69) is 62.4 Å². The summed E-state index contributed by atoms with van der Waals surface area (Å²) >= 11 is 0. The molecule has 4 rings (SSSR count). The minimum absolute atomic E-state index is 0.0663. The van der Waals surface area contributed by atoms with Gasteiger partial charge in [0.25, 0.3) is 0 Å². The second kappa shape index (κ2) is 12.0. The zero-order chi connectivity index (χ0) is 22.2. The lowest BCUT2D eigenvalue weighted by Gasteiger charge is -2.30. The van der Waals surface area contributed by atoms with Gasteiger partial charge in [0.1, 0.15) is 6.10 Å². The van der Waals surface area contributed by atoms with E-state index in [-0.39, 0.29) is 12.2 Å². The Hall–Kier alpha value is -1.64. The monoisotopic (exact) mass is 434 g/mol. The van der Waals surface area contributed by atoms with Crippen LogP contribution in [-0.2, 0) is 9.47 Å². The molecule has 1 saturated carbocycles. The Morgan fingerprint density at radius 3 is 1.91 bits per heavy atom. The summed E-state index contributed by atoms with van der Waals surface area (Å²) in [5, 5.41) is 0. The van der Waals surface area contributed by atoms with Gasteiger partial charge in [-0.05, 0) is 66.2 Å². The van der Waals surface area contributed by atoms with Gasteiger partial charge in [-0.1, -0.05) is 94.5 Å². The highest BCUT2D eigenvalue weighted by molar-refractivity contribution is 5.64. The molecule has 2 atom stereocenters. The van der Waals surface area contributed by atoms with Crippen molar-refractivity contribution in [3.63, 3.8) is 0 Å². The van der Waals surface area contributed by atoms with Crippen molar-refractivity contribution in [3.05, 3.63) is 59.7 Å². The van der Waals surface area contributed by atoms with Crippen LogP contribution in [0, 0.1) is 5.92 Å². The van der Waals surface area contributed by atoms with Gasteiger partial charge in [0.15, 0.2) is 0 Å². The second-order valence-electron chi connectivity index (χ2n) is 10.00. The molecule has 2 heteroatoms. The summed E-state index contributed by atoms with van der Waals surface area (Å²) in [5.74, 6) is 1.72. The molecule has 0 amide bonds. The van der Waals surface area contributed by atoms with Crippen LogP contribution in [0.5, 0.6) is 0 Å². The van der Waals surface area contributed by atoms with Crippen molar-refractivity contribution in [2.45, 2.75) is 96.2 Å². The van der Waals surface area contributed by atoms with Crippen molar-refractivity contribution < 1.29 is 9.47 Å². The molecule has 0 unspecified atom stereocenters. The van der Waals surface area contributed by atoms with Crippen molar-refractivity contribution in [1.29, 1.82) is 0 Å². The largest absolute Gasteiger partial charge is 0.373 e. The van der Waals surface area contributed by atoms with E-state index >= 15 is 0 Å². The SMILES string of the molecule is CCCCCC[C@@H]1CO[C@@H](c2ccc(-c3ccc([C@H]4CC[C@H](CC)CC4)cc3)cc2)CO1. The predicted octanol–water partition coefficient (Wildman–Crippen LogP) is 8.46. The maximum Gasteiger partial charge on any atom is 0.106 e. The fraction of sp³-hybridized carbons (Fsp3) is 0.600. The highest BCUT2D eigenvalue weighted by Crippen LogP contribution is 2.37. The molecule has 32 heavy (non-hydrogen) atoms. The van der Waals surface area contributed by atoms with E-state index in [4.69, 9.17) is 9.47 Å². The molecule has 1 aliphatic carbocycles. The van der Waals surface area contributed by atoms with Gasteiger partial charge < -0.3 is 9.47 Å². The fourth-order valence-electron chi connectivity index (χ4n) is 5.44. The van der Waals surface area contributed by atoms with E-state index in [1.807, 2.05) is 0 Å². The molecule has 2 fully saturated rings. The van der Waals surface area contributed by atoms with Gasteiger partial charge in [0.05, 0.1) is 19.3 Å². The first kappa shape index (κ1) is 23.5. The molecule has 0 spiro atoms. The first-order valence-electron chi connectivity index (χ1n) is 13.2. The van der Waals surface area contributed by atoms with Crippen molar-refractivity contribution in [1.82, 2.24) is 0 Å². The molecule has 0 bridgehead atoms. The van der Waals surface area contributed by atoms with Gasteiger partial charge in [0.2, 0.25) is 0 Å². The van der Waals surface area contributed by atoms with Crippen LogP contribution in [0.1, 0.15) is 101 Å². The van der Waals surface area contributed by atoms with Crippen molar-refractivity contribution >= 4 is 0 Å².